The fourth-order valence-corrected chi connectivity index (χ4v) is 7.62. The number of amides is 6. The molecular weight excluding hydrogens is 749 g/mol. The van der Waals surface area contributed by atoms with Crippen molar-refractivity contribution in [2.75, 3.05) is 19.6 Å². The molecule has 2 aliphatic heterocycles. The highest BCUT2D eigenvalue weighted by Crippen LogP contribution is 2.35. The van der Waals surface area contributed by atoms with E-state index in [1.54, 1.807) is 41.3 Å². The number of primary amides is 1. The van der Waals surface area contributed by atoms with Crippen molar-refractivity contribution >= 4 is 41.7 Å². The van der Waals surface area contributed by atoms with Gasteiger partial charge in [-0.1, -0.05) is 103 Å². The van der Waals surface area contributed by atoms with Crippen molar-refractivity contribution in [3.8, 4) is 11.1 Å². The number of aldehydes is 1. The van der Waals surface area contributed by atoms with Crippen LogP contribution in [0.1, 0.15) is 51.9 Å². The van der Waals surface area contributed by atoms with Crippen LogP contribution in [0.15, 0.2) is 115 Å². The lowest BCUT2D eigenvalue weighted by Crippen LogP contribution is -2.58. The fourth-order valence-electron chi connectivity index (χ4n) is 7.62. The Bertz CT molecular complexity index is 2210. The molecule has 2 heterocycles. The smallest absolute Gasteiger partial charge is 0.246 e. The summed E-state index contributed by atoms with van der Waals surface area (Å²) in [5, 5.41) is 11.3. The van der Waals surface area contributed by atoms with Gasteiger partial charge in [0, 0.05) is 50.3 Å². The molecule has 0 aromatic heterocycles. The molecule has 1 fully saturated rings. The SMILES string of the molecule is NC(=O)[C@@H]1CCNC(=O)/C=C/C(=O)N2CCC[C@](Cc3ccccc3)(C2)C(=O)N[C@@H](Cc2ccc(-c3ccc(C=O)cc3)cc2)C(=O)NCc2ccccc2CC(=O)N1. The van der Waals surface area contributed by atoms with Crippen molar-refractivity contribution in [1.82, 2.24) is 26.2 Å². The minimum Gasteiger partial charge on any atom is -0.368 e. The van der Waals surface area contributed by atoms with Gasteiger partial charge in [0.1, 0.15) is 18.4 Å². The summed E-state index contributed by atoms with van der Waals surface area (Å²) >= 11 is 0. The molecule has 4 aromatic rings. The van der Waals surface area contributed by atoms with Crippen molar-refractivity contribution in [1.29, 1.82) is 0 Å². The van der Waals surface area contributed by atoms with Gasteiger partial charge in [0.2, 0.25) is 35.4 Å². The van der Waals surface area contributed by atoms with Crippen LogP contribution in [0.3, 0.4) is 0 Å². The number of piperidine rings is 1. The Morgan fingerprint density at radius 2 is 1.46 bits per heavy atom. The highest BCUT2D eigenvalue weighted by molar-refractivity contribution is 5.97. The maximum Gasteiger partial charge on any atom is 0.246 e. The third-order valence-corrected chi connectivity index (χ3v) is 10.9. The minimum atomic E-state index is -1.11. The molecule has 304 valence electrons. The van der Waals surface area contributed by atoms with E-state index in [2.05, 4.69) is 21.3 Å². The van der Waals surface area contributed by atoms with Gasteiger partial charge < -0.3 is 31.9 Å². The Kier molecular flexibility index (Phi) is 13.8. The summed E-state index contributed by atoms with van der Waals surface area (Å²) < 4.78 is 0. The number of hydrogen-bond acceptors (Lipinski definition) is 7. The third-order valence-electron chi connectivity index (χ3n) is 10.9. The van der Waals surface area contributed by atoms with Gasteiger partial charge in [0.25, 0.3) is 0 Å². The molecule has 0 aliphatic carbocycles. The topological polar surface area (TPSA) is 197 Å². The van der Waals surface area contributed by atoms with Crippen LogP contribution < -0.4 is 27.0 Å². The summed E-state index contributed by atoms with van der Waals surface area (Å²) in [6, 6.07) is 29.3. The van der Waals surface area contributed by atoms with Crippen LogP contribution in [0, 0.1) is 5.41 Å². The largest absolute Gasteiger partial charge is 0.368 e. The first kappa shape index (κ1) is 41.7. The first-order valence-electron chi connectivity index (χ1n) is 19.7. The van der Waals surface area contributed by atoms with Gasteiger partial charge in [0.05, 0.1) is 11.8 Å². The molecule has 13 nitrogen and oxygen atoms in total. The summed E-state index contributed by atoms with van der Waals surface area (Å²) in [4.78, 5) is 93.5. The molecule has 0 spiro atoms. The Morgan fingerprint density at radius 1 is 0.780 bits per heavy atom. The Labute approximate surface area is 342 Å². The first-order valence-corrected chi connectivity index (χ1v) is 19.7. The van der Waals surface area contributed by atoms with Crippen LogP contribution >= 0.6 is 0 Å². The van der Waals surface area contributed by atoms with Crippen LogP contribution in [-0.2, 0) is 54.6 Å². The summed E-state index contributed by atoms with van der Waals surface area (Å²) in [5.74, 6) is -3.11. The lowest BCUT2D eigenvalue weighted by molar-refractivity contribution is -0.141. The normalized spacial score (nSPS) is 21.6. The molecule has 2 bridgehead atoms. The fraction of sp³-hybridized carbons (Fsp3) is 0.283. The van der Waals surface area contributed by atoms with Crippen LogP contribution in [0.4, 0.5) is 0 Å². The third kappa shape index (κ3) is 11.2. The van der Waals surface area contributed by atoms with Crippen molar-refractivity contribution < 1.29 is 33.6 Å². The van der Waals surface area contributed by atoms with E-state index in [4.69, 9.17) is 5.73 Å². The predicted molar refractivity (Wildman–Crippen MR) is 221 cm³/mol. The summed E-state index contributed by atoms with van der Waals surface area (Å²) in [6.07, 6.45) is 4.34. The number of benzene rings is 4. The number of carbonyl (C=O) groups is 7. The minimum absolute atomic E-state index is 0.000477. The average molecular weight is 797 g/mol. The zero-order valence-corrected chi connectivity index (χ0v) is 32.7. The van der Waals surface area contributed by atoms with E-state index < -0.39 is 47.0 Å². The molecule has 59 heavy (non-hydrogen) atoms. The highest BCUT2D eigenvalue weighted by atomic mass is 16.2. The molecule has 6 N–H and O–H groups in total. The second-order valence-electron chi connectivity index (χ2n) is 15.1. The van der Waals surface area contributed by atoms with Crippen molar-refractivity contribution in [2.45, 2.75) is 57.2 Å². The quantitative estimate of drug-likeness (QED) is 0.177. The molecule has 0 saturated carbocycles. The predicted octanol–water partition coefficient (Wildman–Crippen LogP) is 2.95. The van der Waals surface area contributed by atoms with E-state index in [-0.39, 0.29) is 44.8 Å². The van der Waals surface area contributed by atoms with Crippen LogP contribution in [0.25, 0.3) is 11.1 Å². The number of carbonyl (C=O) groups excluding carboxylic acids is 7. The molecule has 0 radical (unpaired) electrons. The summed E-state index contributed by atoms with van der Waals surface area (Å²) in [5.41, 5.74) is 9.80. The van der Waals surface area contributed by atoms with Gasteiger partial charge in [-0.25, -0.2) is 0 Å². The van der Waals surface area contributed by atoms with Crippen LogP contribution in [0.2, 0.25) is 0 Å². The van der Waals surface area contributed by atoms with Gasteiger partial charge >= 0.3 is 0 Å². The Hall–Kier alpha value is -6.89. The number of fused-ring (bicyclic) bond motifs is 3. The average Bonchev–Trinajstić information content (AvgIpc) is 3.24. The molecule has 1 saturated heterocycles. The van der Waals surface area contributed by atoms with Crippen molar-refractivity contribution in [2.24, 2.45) is 11.1 Å². The molecular formula is C46H48N6O7. The van der Waals surface area contributed by atoms with E-state index >= 15 is 0 Å². The Balaban J connectivity index is 1.33. The molecule has 3 atom stereocenters. The van der Waals surface area contributed by atoms with Crippen LogP contribution in [-0.4, -0.2) is 78.3 Å². The maximum absolute atomic E-state index is 14.8. The maximum atomic E-state index is 14.8. The molecule has 6 rings (SSSR count). The lowest BCUT2D eigenvalue weighted by Gasteiger charge is -2.42. The van der Waals surface area contributed by atoms with Gasteiger partial charge in [-0.15, -0.1) is 0 Å². The van der Waals surface area contributed by atoms with E-state index in [0.29, 0.717) is 42.5 Å². The molecule has 4 aromatic carbocycles. The monoisotopic (exact) mass is 796 g/mol. The van der Waals surface area contributed by atoms with E-state index in [0.717, 1.165) is 40.7 Å². The van der Waals surface area contributed by atoms with Gasteiger partial charge in [-0.3, -0.25) is 33.6 Å². The number of rotatable bonds is 7. The molecule has 6 amide bonds. The second-order valence-corrected chi connectivity index (χ2v) is 15.1. The zero-order chi connectivity index (χ0) is 41.8. The number of nitrogens with two attached hydrogens (primary N) is 1. The van der Waals surface area contributed by atoms with Gasteiger partial charge in [0.15, 0.2) is 0 Å². The van der Waals surface area contributed by atoms with Crippen molar-refractivity contribution in [3.05, 3.63) is 143 Å². The molecule has 0 unspecified atom stereocenters. The van der Waals surface area contributed by atoms with E-state index in [1.807, 2.05) is 66.7 Å². The van der Waals surface area contributed by atoms with Crippen molar-refractivity contribution in [3.63, 3.8) is 0 Å². The van der Waals surface area contributed by atoms with Gasteiger partial charge in [-0.2, -0.15) is 0 Å². The number of nitrogens with one attached hydrogen (secondary N) is 4. The number of hydrogen-bond donors (Lipinski definition) is 5. The Morgan fingerprint density at radius 3 is 2.15 bits per heavy atom. The van der Waals surface area contributed by atoms with E-state index in [1.165, 1.54) is 0 Å². The molecule has 13 heteroatoms. The van der Waals surface area contributed by atoms with Crippen LogP contribution in [0.5, 0.6) is 0 Å². The lowest BCUT2D eigenvalue weighted by atomic mass is 9.74. The number of nitrogens with zero attached hydrogens (tertiary/aromatic N) is 1. The summed E-state index contributed by atoms with van der Waals surface area (Å²) in [7, 11) is 0. The highest BCUT2D eigenvalue weighted by Gasteiger charge is 2.44. The standard InChI is InChI=1S/C46H48N6O7/c47-43(57)38-21-23-48-40(54)19-20-42(56)52-24-6-22-46(30-52,27-32-7-2-1-3-8-32)45(59)51-39(44(58)49-28-37-10-5-4-9-36(37)26-41(55)50-38)25-31-11-15-34(16-12-31)35-17-13-33(29-53)14-18-35/h1-5,7-20,29,38-39H,6,21-28,30H2,(H2,47,57)(H,48,54)(H,49,58)(H,50,55)(H,51,59)/b20-19+/t38-,39-,46-/m0/s1. The molecule has 2 aliphatic rings. The first-order chi connectivity index (χ1) is 28.5. The zero-order valence-electron chi connectivity index (χ0n) is 32.7. The van der Waals surface area contributed by atoms with E-state index in [9.17, 15) is 33.6 Å². The van der Waals surface area contributed by atoms with Gasteiger partial charge in [-0.05, 0) is 59.1 Å². The summed E-state index contributed by atoms with van der Waals surface area (Å²) in [6.45, 7) is 0.457. The second kappa shape index (κ2) is 19.5.